The molecule has 5 nitrogen and oxygen atoms in total. The van der Waals surface area contributed by atoms with Gasteiger partial charge in [-0.15, -0.1) is 0 Å². The minimum Gasteiger partial charge on any atom is -0.302 e. The van der Waals surface area contributed by atoms with Crippen molar-refractivity contribution in [2.24, 2.45) is 5.92 Å². The van der Waals surface area contributed by atoms with Crippen LogP contribution in [0.2, 0.25) is 0 Å². The Kier molecular flexibility index (Phi) is 5.34. The third kappa shape index (κ3) is 4.11. The smallest absolute Gasteiger partial charge is 0.226 e. The Hall–Kier alpha value is -2.47. The maximum Gasteiger partial charge on any atom is 0.226 e. The number of imidazole rings is 1. The van der Waals surface area contributed by atoms with Crippen LogP contribution in [-0.2, 0) is 11.2 Å². The zero-order valence-corrected chi connectivity index (χ0v) is 16.3. The number of hydrogen-bond donors (Lipinski definition) is 1. The number of amides is 1. The molecule has 0 unspecified atom stereocenters. The Morgan fingerprint density at radius 3 is 2.74 bits per heavy atom. The average molecular weight is 381 g/mol. The van der Waals surface area contributed by atoms with Gasteiger partial charge in [0.1, 0.15) is 17.0 Å². The molecule has 0 atom stereocenters. The summed E-state index contributed by atoms with van der Waals surface area (Å²) in [6, 6.07) is 10.1. The summed E-state index contributed by atoms with van der Waals surface area (Å²) in [5, 5.41) is 4.65. The lowest BCUT2D eigenvalue weighted by Crippen LogP contribution is -2.14. The van der Waals surface area contributed by atoms with Crippen molar-refractivity contribution in [3.05, 3.63) is 48.5 Å². The Balaban J connectivity index is 1.62. The average Bonchev–Trinajstić information content (AvgIpc) is 3.42. The van der Waals surface area contributed by atoms with Crippen molar-refractivity contribution in [1.29, 1.82) is 0 Å². The maximum absolute atomic E-state index is 12.4. The van der Waals surface area contributed by atoms with E-state index in [1.165, 1.54) is 37.0 Å². The summed E-state index contributed by atoms with van der Waals surface area (Å²) in [5.41, 5.74) is 2.94. The molecule has 1 aliphatic carbocycles. The number of carbonyl (C=O) groups is 1. The molecular formula is C21H24N4OS. The highest BCUT2D eigenvalue weighted by atomic mass is 32.1. The fraction of sp³-hybridized carbons (Fsp3) is 0.381. The summed E-state index contributed by atoms with van der Waals surface area (Å²) in [4.78, 5) is 21.6. The van der Waals surface area contributed by atoms with Gasteiger partial charge in [-0.05, 0) is 25.2 Å². The molecule has 0 bridgehead atoms. The van der Waals surface area contributed by atoms with Crippen LogP contribution < -0.4 is 5.32 Å². The number of nitrogens with zero attached hydrogens (tertiary/aromatic N) is 3. The number of benzene rings is 1. The van der Waals surface area contributed by atoms with Crippen molar-refractivity contribution in [3.63, 3.8) is 0 Å². The SMILES string of the molecule is CCc1cn(-c2sc(NC(=O)CC3CCCC3)nc2-c2ccccc2)cn1. The highest BCUT2D eigenvalue weighted by Crippen LogP contribution is 2.35. The van der Waals surface area contributed by atoms with Gasteiger partial charge in [0.15, 0.2) is 5.13 Å². The number of anilines is 1. The van der Waals surface area contributed by atoms with Crippen LogP contribution in [0, 0.1) is 5.92 Å². The third-order valence-electron chi connectivity index (χ3n) is 5.08. The van der Waals surface area contributed by atoms with Crippen LogP contribution in [0.15, 0.2) is 42.9 Å². The molecule has 1 aliphatic rings. The van der Waals surface area contributed by atoms with Crippen LogP contribution in [-0.4, -0.2) is 20.4 Å². The normalized spacial score (nSPS) is 14.6. The van der Waals surface area contributed by atoms with E-state index in [2.05, 4.69) is 17.2 Å². The van der Waals surface area contributed by atoms with Crippen LogP contribution in [0.4, 0.5) is 5.13 Å². The van der Waals surface area contributed by atoms with Crippen LogP contribution in [0.5, 0.6) is 0 Å². The number of aryl methyl sites for hydroxylation is 1. The van der Waals surface area contributed by atoms with Crippen molar-refractivity contribution >= 4 is 22.4 Å². The van der Waals surface area contributed by atoms with E-state index < -0.39 is 0 Å². The zero-order valence-electron chi connectivity index (χ0n) is 15.5. The van der Waals surface area contributed by atoms with Gasteiger partial charge in [-0.3, -0.25) is 9.36 Å². The van der Waals surface area contributed by atoms with Gasteiger partial charge in [0.05, 0.1) is 5.69 Å². The fourth-order valence-corrected chi connectivity index (χ4v) is 4.58. The lowest BCUT2D eigenvalue weighted by Gasteiger charge is -2.07. The van der Waals surface area contributed by atoms with Crippen LogP contribution in [0.3, 0.4) is 0 Å². The molecule has 140 valence electrons. The minimum atomic E-state index is 0.0710. The molecule has 6 heteroatoms. The molecule has 1 amide bonds. The number of carbonyl (C=O) groups excluding carboxylic acids is 1. The quantitative estimate of drug-likeness (QED) is 0.649. The molecule has 0 aliphatic heterocycles. The van der Waals surface area contributed by atoms with Crippen molar-refractivity contribution in [3.8, 4) is 16.3 Å². The second-order valence-corrected chi connectivity index (χ2v) is 8.04. The Morgan fingerprint density at radius 1 is 1.26 bits per heavy atom. The summed E-state index contributed by atoms with van der Waals surface area (Å²) in [6.45, 7) is 2.09. The highest BCUT2D eigenvalue weighted by molar-refractivity contribution is 7.18. The first-order valence-corrected chi connectivity index (χ1v) is 10.4. The molecule has 0 saturated heterocycles. The molecule has 2 aromatic heterocycles. The minimum absolute atomic E-state index is 0.0710. The van der Waals surface area contributed by atoms with Crippen molar-refractivity contribution in [1.82, 2.24) is 14.5 Å². The number of rotatable bonds is 6. The first kappa shape index (κ1) is 17.9. The second-order valence-electron chi connectivity index (χ2n) is 7.07. The van der Waals surface area contributed by atoms with E-state index in [0.29, 0.717) is 17.5 Å². The van der Waals surface area contributed by atoms with Gasteiger partial charge in [0.25, 0.3) is 0 Å². The van der Waals surface area contributed by atoms with Crippen molar-refractivity contribution in [2.45, 2.75) is 45.4 Å². The second kappa shape index (κ2) is 8.05. The van der Waals surface area contributed by atoms with Crippen LogP contribution in [0.25, 0.3) is 16.3 Å². The van der Waals surface area contributed by atoms with Gasteiger partial charge in [-0.2, -0.15) is 0 Å². The van der Waals surface area contributed by atoms with E-state index in [1.54, 1.807) is 0 Å². The largest absolute Gasteiger partial charge is 0.302 e. The monoisotopic (exact) mass is 380 g/mol. The Morgan fingerprint density at radius 2 is 2.04 bits per heavy atom. The number of nitrogens with one attached hydrogen (secondary N) is 1. The Labute approximate surface area is 163 Å². The first-order chi connectivity index (χ1) is 13.2. The van der Waals surface area contributed by atoms with E-state index in [1.807, 2.05) is 47.4 Å². The molecule has 2 heterocycles. The van der Waals surface area contributed by atoms with Crippen LogP contribution >= 0.6 is 11.3 Å². The van der Waals surface area contributed by atoms with E-state index >= 15 is 0 Å². The lowest BCUT2D eigenvalue weighted by atomic mass is 10.0. The standard InChI is InChI=1S/C21H24N4OS/c1-2-17-13-25(14-22-17)20-19(16-10-4-3-5-11-16)24-21(27-20)23-18(26)12-15-8-6-7-9-15/h3-5,10-11,13-15H,2,6-9,12H2,1H3,(H,23,24,26). The first-order valence-electron chi connectivity index (χ1n) is 9.62. The third-order valence-corrected chi connectivity index (χ3v) is 6.07. The molecule has 1 saturated carbocycles. The summed E-state index contributed by atoms with van der Waals surface area (Å²) in [5.74, 6) is 0.598. The maximum atomic E-state index is 12.4. The molecule has 1 N–H and O–H groups in total. The van der Waals surface area contributed by atoms with Crippen molar-refractivity contribution < 1.29 is 4.79 Å². The Bertz CT molecular complexity index is 909. The molecule has 4 rings (SSSR count). The molecule has 1 fully saturated rings. The lowest BCUT2D eigenvalue weighted by molar-refractivity contribution is -0.117. The summed E-state index contributed by atoms with van der Waals surface area (Å²) < 4.78 is 2.01. The molecule has 3 aromatic rings. The van der Waals surface area contributed by atoms with Gasteiger partial charge in [0, 0.05) is 18.2 Å². The highest BCUT2D eigenvalue weighted by Gasteiger charge is 2.21. The topological polar surface area (TPSA) is 59.8 Å². The number of thiazole rings is 1. The van der Waals surface area contributed by atoms with Gasteiger partial charge in [-0.1, -0.05) is 61.4 Å². The van der Waals surface area contributed by atoms with Gasteiger partial charge >= 0.3 is 0 Å². The molecule has 0 spiro atoms. The summed E-state index contributed by atoms with van der Waals surface area (Å²) >= 11 is 1.50. The molecule has 0 radical (unpaired) electrons. The molecule has 27 heavy (non-hydrogen) atoms. The van der Waals surface area contributed by atoms with E-state index in [-0.39, 0.29) is 5.91 Å². The molecule has 1 aromatic carbocycles. The predicted octanol–water partition coefficient (Wildman–Crippen LogP) is 5.08. The predicted molar refractivity (Wildman–Crippen MR) is 109 cm³/mol. The summed E-state index contributed by atoms with van der Waals surface area (Å²) in [6.07, 6.45) is 10.2. The summed E-state index contributed by atoms with van der Waals surface area (Å²) in [7, 11) is 0. The van der Waals surface area contributed by atoms with Gasteiger partial charge in [0.2, 0.25) is 5.91 Å². The molecular weight excluding hydrogens is 356 g/mol. The fourth-order valence-electron chi connectivity index (χ4n) is 3.63. The van der Waals surface area contributed by atoms with Gasteiger partial charge < -0.3 is 5.32 Å². The van der Waals surface area contributed by atoms with E-state index in [0.717, 1.165) is 28.4 Å². The van der Waals surface area contributed by atoms with E-state index in [9.17, 15) is 4.79 Å². The zero-order chi connectivity index (χ0) is 18.6. The van der Waals surface area contributed by atoms with Crippen LogP contribution in [0.1, 0.15) is 44.7 Å². The number of hydrogen-bond acceptors (Lipinski definition) is 4. The van der Waals surface area contributed by atoms with E-state index in [4.69, 9.17) is 4.98 Å². The van der Waals surface area contributed by atoms with Crippen molar-refractivity contribution in [2.75, 3.05) is 5.32 Å². The number of aromatic nitrogens is 3. The van der Waals surface area contributed by atoms with Gasteiger partial charge in [-0.25, -0.2) is 9.97 Å².